The number of amides is 1. The predicted molar refractivity (Wildman–Crippen MR) is 67.5 cm³/mol. The zero-order valence-electron chi connectivity index (χ0n) is 10.7. The van der Waals surface area contributed by atoms with Crippen LogP contribution in [-0.4, -0.2) is 45.0 Å². The van der Waals surface area contributed by atoms with Crippen LogP contribution < -0.4 is 10.6 Å². The van der Waals surface area contributed by atoms with E-state index in [9.17, 15) is 13.2 Å². The largest absolute Gasteiger partial charge is 0.352 e. The molecule has 0 aliphatic carbocycles. The highest BCUT2D eigenvalue weighted by Crippen LogP contribution is 2.14. The zero-order valence-corrected chi connectivity index (χ0v) is 11.5. The van der Waals surface area contributed by atoms with Crippen molar-refractivity contribution in [3.8, 4) is 0 Å². The third-order valence-corrected chi connectivity index (χ3v) is 4.92. The number of hydrogen-bond acceptors (Lipinski definition) is 4. The molecule has 0 aromatic rings. The maximum Gasteiger partial charge on any atom is 0.238 e. The Morgan fingerprint density at radius 2 is 2.06 bits per heavy atom. The molecule has 1 fully saturated rings. The number of sulfone groups is 1. The second kappa shape index (κ2) is 5.82. The van der Waals surface area contributed by atoms with Gasteiger partial charge in [0.15, 0.2) is 9.84 Å². The van der Waals surface area contributed by atoms with E-state index in [1.165, 1.54) is 6.92 Å². The Balaban J connectivity index is 2.50. The molecule has 0 saturated carbocycles. The lowest BCUT2D eigenvalue weighted by Crippen LogP contribution is -2.48. The average Bonchev–Trinajstić information content (AvgIpc) is 2.27. The molecule has 0 aromatic carbocycles. The number of hydrogen-bond donors (Lipinski definition) is 2. The van der Waals surface area contributed by atoms with Gasteiger partial charge in [-0.15, -0.1) is 0 Å². The van der Waals surface area contributed by atoms with Crippen LogP contribution in [0.1, 0.15) is 26.7 Å². The van der Waals surface area contributed by atoms with Crippen LogP contribution in [0.3, 0.4) is 0 Å². The molecule has 2 N–H and O–H groups in total. The standard InChI is InChI=1S/C11H22N2O3S/c1-8(10-5-4-6-12-7-10)13-11(14)9(2)17(3,15)16/h8-10,12H,4-7H2,1-3H3,(H,13,14). The highest BCUT2D eigenvalue weighted by molar-refractivity contribution is 7.92. The Morgan fingerprint density at radius 1 is 1.41 bits per heavy atom. The Labute approximate surface area is 103 Å². The van der Waals surface area contributed by atoms with Gasteiger partial charge in [-0.05, 0) is 45.7 Å². The quantitative estimate of drug-likeness (QED) is 0.743. The van der Waals surface area contributed by atoms with E-state index in [0.29, 0.717) is 5.92 Å². The van der Waals surface area contributed by atoms with Crippen molar-refractivity contribution in [3.63, 3.8) is 0 Å². The summed E-state index contributed by atoms with van der Waals surface area (Å²) in [6.45, 7) is 5.27. The van der Waals surface area contributed by atoms with Gasteiger partial charge in [-0.1, -0.05) is 0 Å². The van der Waals surface area contributed by atoms with Crippen molar-refractivity contribution >= 4 is 15.7 Å². The summed E-state index contributed by atoms with van der Waals surface area (Å²) >= 11 is 0. The van der Waals surface area contributed by atoms with E-state index >= 15 is 0 Å². The maximum absolute atomic E-state index is 11.7. The van der Waals surface area contributed by atoms with Crippen LogP contribution in [0.25, 0.3) is 0 Å². The Kier molecular flexibility index (Phi) is 4.94. The number of rotatable bonds is 4. The summed E-state index contributed by atoms with van der Waals surface area (Å²) in [4.78, 5) is 11.7. The molecule has 3 unspecified atom stereocenters. The maximum atomic E-state index is 11.7. The molecular formula is C11H22N2O3S. The molecule has 3 atom stereocenters. The average molecular weight is 262 g/mol. The molecule has 1 saturated heterocycles. The Bertz CT molecular complexity index is 361. The summed E-state index contributed by atoms with van der Waals surface area (Å²) in [5.74, 6) is -0.00923. The summed E-state index contributed by atoms with van der Waals surface area (Å²) in [5.41, 5.74) is 0. The van der Waals surface area contributed by atoms with Crippen LogP contribution in [0, 0.1) is 5.92 Å². The number of carbonyl (C=O) groups excluding carboxylic acids is 1. The molecule has 1 aliphatic rings. The lowest BCUT2D eigenvalue weighted by Gasteiger charge is -2.29. The molecule has 0 bridgehead atoms. The minimum absolute atomic E-state index is 0.0134. The Morgan fingerprint density at radius 3 is 2.53 bits per heavy atom. The summed E-state index contributed by atoms with van der Waals surface area (Å²) in [6.07, 6.45) is 3.26. The number of piperidine rings is 1. The van der Waals surface area contributed by atoms with Gasteiger partial charge in [-0.25, -0.2) is 8.42 Å². The van der Waals surface area contributed by atoms with Crippen LogP contribution in [0.4, 0.5) is 0 Å². The third kappa shape index (κ3) is 4.27. The van der Waals surface area contributed by atoms with E-state index in [0.717, 1.165) is 32.2 Å². The van der Waals surface area contributed by atoms with Crippen LogP contribution in [0.15, 0.2) is 0 Å². The minimum Gasteiger partial charge on any atom is -0.352 e. The van der Waals surface area contributed by atoms with E-state index in [1.807, 2.05) is 6.92 Å². The van der Waals surface area contributed by atoms with Crippen LogP contribution in [0.2, 0.25) is 0 Å². The molecular weight excluding hydrogens is 240 g/mol. The smallest absolute Gasteiger partial charge is 0.238 e. The molecule has 0 aromatic heterocycles. The predicted octanol–water partition coefficient (Wildman–Crippen LogP) is -0.0762. The van der Waals surface area contributed by atoms with Gasteiger partial charge in [0.25, 0.3) is 0 Å². The minimum atomic E-state index is -3.31. The molecule has 100 valence electrons. The topological polar surface area (TPSA) is 75.3 Å². The molecule has 1 amide bonds. The first-order valence-electron chi connectivity index (χ1n) is 6.02. The first-order chi connectivity index (χ1) is 7.82. The second-order valence-electron chi connectivity index (χ2n) is 4.88. The molecule has 5 nitrogen and oxygen atoms in total. The van der Waals surface area contributed by atoms with Crippen LogP contribution in [-0.2, 0) is 14.6 Å². The zero-order chi connectivity index (χ0) is 13.1. The summed E-state index contributed by atoms with van der Waals surface area (Å²) in [7, 11) is -3.31. The van der Waals surface area contributed by atoms with Gasteiger partial charge in [0.2, 0.25) is 5.91 Å². The van der Waals surface area contributed by atoms with Gasteiger partial charge in [0.1, 0.15) is 5.25 Å². The molecule has 0 spiro atoms. The van der Waals surface area contributed by atoms with Crippen molar-refractivity contribution < 1.29 is 13.2 Å². The highest BCUT2D eigenvalue weighted by Gasteiger charge is 2.27. The fourth-order valence-electron chi connectivity index (χ4n) is 1.96. The number of carbonyl (C=O) groups is 1. The fourth-order valence-corrected chi connectivity index (χ4v) is 2.42. The van der Waals surface area contributed by atoms with E-state index in [4.69, 9.17) is 0 Å². The lowest BCUT2D eigenvalue weighted by molar-refractivity contribution is -0.121. The third-order valence-electron chi connectivity index (χ3n) is 3.42. The van der Waals surface area contributed by atoms with Gasteiger partial charge in [-0.3, -0.25) is 4.79 Å². The number of nitrogens with one attached hydrogen (secondary N) is 2. The van der Waals surface area contributed by atoms with Crippen molar-refractivity contribution in [1.29, 1.82) is 0 Å². The molecule has 6 heteroatoms. The van der Waals surface area contributed by atoms with Gasteiger partial charge in [0, 0.05) is 12.3 Å². The van der Waals surface area contributed by atoms with E-state index in [2.05, 4.69) is 10.6 Å². The summed E-state index contributed by atoms with van der Waals surface area (Å²) in [5, 5.41) is 5.11. The van der Waals surface area contributed by atoms with Crippen LogP contribution in [0.5, 0.6) is 0 Å². The van der Waals surface area contributed by atoms with Crippen LogP contribution >= 0.6 is 0 Å². The first-order valence-corrected chi connectivity index (χ1v) is 7.97. The normalized spacial score (nSPS) is 25.0. The summed E-state index contributed by atoms with van der Waals surface area (Å²) < 4.78 is 22.5. The van der Waals surface area contributed by atoms with Gasteiger partial charge >= 0.3 is 0 Å². The molecule has 17 heavy (non-hydrogen) atoms. The first kappa shape index (κ1) is 14.4. The fraction of sp³-hybridized carbons (Fsp3) is 0.909. The van der Waals surface area contributed by atoms with Gasteiger partial charge in [-0.2, -0.15) is 0 Å². The highest BCUT2D eigenvalue weighted by atomic mass is 32.2. The second-order valence-corrected chi connectivity index (χ2v) is 7.24. The molecule has 1 aliphatic heterocycles. The molecule has 1 heterocycles. The van der Waals surface area contributed by atoms with E-state index in [-0.39, 0.29) is 6.04 Å². The van der Waals surface area contributed by atoms with Crippen molar-refractivity contribution in [2.24, 2.45) is 5.92 Å². The van der Waals surface area contributed by atoms with Gasteiger partial charge in [0.05, 0.1) is 0 Å². The van der Waals surface area contributed by atoms with E-state index < -0.39 is 21.0 Å². The SMILES string of the molecule is CC(NC(=O)C(C)S(C)(=O)=O)C1CCCNC1. The summed E-state index contributed by atoms with van der Waals surface area (Å²) in [6, 6.07) is 0.0134. The van der Waals surface area contributed by atoms with Gasteiger partial charge < -0.3 is 10.6 Å². The van der Waals surface area contributed by atoms with Crippen molar-refractivity contribution in [2.45, 2.75) is 38.0 Å². The monoisotopic (exact) mass is 262 g/mol. The van der Waals surface area contributed by atoms with Crippen molar-refractivity contribution in [3.05, 3.63) is 0 Å². The van der Waals surface area contributed by atoms with Crippen molar-refractivity contribution in [2.75, 3.05) is 19.3 Å². The Hall–Kier alpha value is -0.620. The lowest BCUT2D eigenvalue weighted by atomic mass is 9.93. The van der Waals surface area contributed by atoms with E-state index in [1.54, 1.807) is 0 Å². The molecule has 0 radical (unpaired) electrons. The molecule has 1 rings (SSSR count). The van der Waals surface area contributed by atoms with Crippen molar-refractivity contribution in [1.82, 2.24) is 10.6 Å².